The van der Waals surface area contributed by atoms with Crippen LogP contribution in [0, 0.1) is 0 Å². The topological polar surface area (TPSA) is 80.4 Å². The number of aliphatic hydroxyl groups excluding tert-OH is 1. The second kappa shape index (κ2) is 5.41. The van der Waals surface area contributed by atoms with Crippen LogP contribution >= 0.6 is 0 Å². The second-order valence-corrected chi connectivity index (χ2v) is 2.96. The summed E-state index contributed by atoms with van der Waals surface area (Å²) in [5.74, 6) is 0.455. The van der Waals surface area contributed by atoms with Crippen LogP contribution in [-0.4, -0.2) is 36.5 Å². The molecule has 0 radical (unpaired) electrons. The maximum absolute atomic E-state index is 9.35. The van der Waals surface area contributed by atoms with Gasteiger partial charge in [0, 0.05) is 31.6 Å². The summed E-state index contributed by atoms with van der Waals surface area (Å²) in [6.07, 6.45) is 1.09. The number of nitrogens with two attached hydrogens (primary N) is 1. The van der Waals surface area contributed by atoms with Gasteiger partial charge in [0.15, 0.2) is 0 Å². The molecule has 0 saturated carbocycles. The van der Waals surface area contributed by atoms with Crippen LogP contribution in [0.1, 0.15) is 0 Å². The largest absolute Gasteiger partial charge is 0.389 e. The number of nitrogens with one attached hydrogen (secondary N) is 1. The minimum Gasteiger partial charge on any atom is -0.389 e. The highest BCUT2D eigenvalue weighted by Gasteiger charge is 2.02. The van der Waals surface area contributed by atoms with Gasteiger partial charge in [0.2, 0.25) is 0 Å². The number of hydrogen-bond acceptors (Lipinski definition) is 5. The zero-order valence-corrected chi connectivity index (χ0v) is 8.10. The summed E-state index contributed by atoms with van der Waals surface area (Å²) < 4.78 is 4.79. The molecule has 0 aromatic carbocycles. The Morgan fingerprint density at radius 3 is 3.14 bits per heavy atom. The van der Waals surface area contributed by atoms with E-state index in [0.29, 0.717) is 19.0 Å². The zero-order valence-electron chi connectivity index (χ0n) is 8.10. The molecule has 0 aliphatic rings. The number of ether oxygens (including phenoxy) is 1. The average molecular weight is 197 g/mol. The van der Waals surface area contributed by atoms with Crippen LogP contribution in [0.4, 0.5) is 11.5 Å². The molecule has 4 N–H and O–H groups in total. The van der Waals surface area contributed by atoms with Gasteiger partial charge in [0.1, 0.15) is 5.82 Å². The van der Waals surface area contributed by atoms with Gasteiger partial charge in [0.25, 0.3) is 0 Å². The molecular weight excluding hydrogens is 182 g/mol. The van der Waals surface area contributed by atoms with E-state index in [9.17, 15) is 5.11 Å². The summed E-state index contributed by atoms with van der Waals surface area (Å²) in [7, 11) is 1.55. The lowest BCUT2D eigenvalue weighted by atomic mass is 10.3. The monoisotopic (exact) mass is 197 g/mol. The number of aromatic nitrogens is 1. The van der Waals surface area contributed by atoms with Gasteiger partial charge < -0.3 is 20.9 Å². The van der Waals surface area contributed by atoms with E-state index in [2.05, 4.69) is 10.3 Å². The first-order valence-corrected chi connectivity index (χ1v) is 4.35. The van der Waals surface area contributed by atoms with Gasteiger partial charge in [-0.25, -0.2) is 4.98 Å². The van der Waals surface area contributed by atoms with Gasteiger partial charge in [0.05, 0.1) is 12.7 Å². The highest BCUT2D eigenvalue weighted by Crippen LogP contribution is 2.08. The molecule has 78 valence electrons. The molecule has 5 nitrogen and oxygen atoms in total. The standard InChI is InChI=1S/C9H15N3O2/c1-14-6-8(13)5-12-7-2-3-11-9(10)4-7/h2-4,8,13H,5-6H2,1H3,(H3,10,11,12). The quantitative estimate of drug-likeness (QED) is 0.623. The Morgan fingerprint density at radius 2 is 2.50 bits per heavy atom. The van der Waals surface area contributed by atoms with Gasteiger partial charge in [-0.05, 0) is 6.07 Å². The van der Waals surface area contributed by atoms with Crippen LogP contribution in [0.2, 0.25) is 0 Å². The fourth-order valence-corrected chi connectivity index (χ4v) is 1.05. The Hall–Kier alpha value is -1.33. The third kappa shape index (κ3) is 3.59. The van der Waals surface area contributed by atoms with Crippen molar-refractivity contribution < 1.29 is 9.84 Å². The van der Waals surface area contributed by atoms with E-state index in [4.69, 9.17) is 10.5 Å². The Morgan fingerprint density at radius 1 is 1.71 bits per heavy atom. The van der Waals surface area contributed by atoms with Crippen molar-refractivity contribution in [3.8, 4) is 0 Å². The molecule has 1 heterocycles. The molecule has 0 aliphatic heterocycles. The number of anilines is 2. The lowest BCUT2D eigenvalue weighted by Crippen LogP contribution is -2.24. The summed E-state index contributed by atoms with van der Waals surface area (Å²) in [6.45, 7) is 0.741. The summed E-state index contributed by atoms with van der Waals surface area (Å²) in [4.78, 5) is 3.85. The fourth-order valence-electron chi connectivity index (χ4n) is 1.05. The normalized spacial score (nSPS) is 12.4. The van der Waals surface area contributed by atoms with Crippen molar-refractivity contribution in [3.05, 3.63) is 18.3 Å². The molecule has 0 aliphatic carbocycles. The molecule has 1 aromatic rings. The molecular formula is C9H15N3O2. The molecule has 1 unspecified atom stereocenters. The number of rotatable bonds is 5. The van der Waals surface area contributed by atoms with Crippen LogP contribution in [-0.2, 0) is 4.74 Å². The van der Waals surface area contributed by atoms with Gasteiger partial charge in [-0.15, -0.1) is 0 Å². The Labute approximate surface area is 82.9 Å². The number of aliphatic hydroxyl groups is 1. The first-order valence-electron chi connectivity index (χ1n) is 4.35. The van der Waals surface area contributed by atoms with E-state index in [-0.39, 0.29) is 0 Å². The van der Waals surface area contributed by atoms with Crippen molar-refractivity contribution in [1.82, 2.24) is 4.98 Å². The minimum absolute atomic E-state index is 0.313. The van der Waals surface area contributed by atoms with E-state index in [1.165, 1.54) is 0 Å². The Kier molecular flexibility index (Phi) is 4.15. The molecule has 5 heteroatoms. The lowest BCUT2D eigenvalue weighted by molar-refractivity contribution is 0.0727. The summed E-state index contributed by atoms with van der Waals surface area (Å²) in [6, 6.07) is 3.50. The maximum atomic E-state index is 9.35. The molecule has 0 bridgehead atoms. The minimum atomic E-state index is -0.519. The molecule has 1 aromatic heterocycles. The predicted octanol–water partition coefficient (Wildman–Crippen LogP) is 0.0830. The van der Waals surface area contributed by atoms with E-state index in [1.54, 1.807) is 25.4 Å². The zero-order chi connectivity index (χ0) is 10.4. The smallest absolute Gasteiger partial charge is 0.125 e. The average Bonchev–Trinajstić information content (AvgIpc) is 2.15. The molecule has 0 fully saturated rings. The summed E-state index contributed by atoms with van der Waals surface area (Å²) in [5.41, 5.74) is 6.33. The molecule has 1 rings (SSSR count). The van der Waals surface area contributed by atoms with Crippen LogP contribution in [0.15, 0.2) is 18.3 Å². The van der Waals surface area contributed by atoms with Crippen molar-refractivity contribution in [3.63, 3.8) is 0 Å². The van der Waals surface area contributed by atoms with Crippen LogP contribution < -0.4 is 11.1 Å². The van der Waals surface area contributed by atoms with E-state index < -0.39 is 6.10 Å². The second-order valence-electron chi connectivity index (χ2n) is 2.96. The molecule has 1 atom stereocenters. The first-order chi connectivity index (χ1) is 6.72. The van der Waals surface area contributed by atoms with E-state index in [1.807, 2.05) is 0 Å². The molecule has 0 saturated heterocycles. The number of nitrogen functional groups attached to an aromatic ring is 1. The highest BCUT2D eigenvalue weighted by molar-refractivity contribution is 5.49. The van der Waals surface area contributed by atoms with Crippen molar-refractivity contribution in [2.45, 2.75) is 6.10 Å². The maximum Gasteiger partial charge on any atom is 0.125 e. The van der Waals surface area contributed by atoms with Gasteiger partial charge in [-0.3, -0.25) is 0 Å². The third-order valence-corrected chi connectivity index (χ3v) is 1.68. The number of pyridine rings is 1. The fraction of sp³-hybridized carbons (Fsp3) is 0.444. The van der Waals surface area contributed by atoms with E-state index >= 15 is 0 Å². The molecule has 0 spiro atoms. The Balaban J connectivity index is 2.37. The van der Waals surface area contributed by atoms with Crippen molar-refractivity contribution >= 4 is 11.5 Å². The molecule has 14 heavy (non-hydrogen) atoms. The van der Waals surface area contributed by atoms with Gasteiger partial charge >= 0.3 is 0 Å². The number of hydrogen-bond donors (Lipinski definition) is 3. The van der Waals surface area contributed by atoms with Crippen LogP contribution in [0.5, 0.6) is 0 Å². The SMILES string of the molecule is COCC(O)CNc1ccnc(N)c1. The Bertz CT molecular complexity index is 281. The van der Waals surface area contributed by atoms with Gasteiger partial charge in [-0.1, -0.05) is 0 Å². The predicted molar refractivity (Wildman–Crippen MR) is 55.0 cm³/mol. The summed E-state index contributed by atoms with van der Waals surface area (Å²) in [5, 5.41) is 12.4. The van der Waals surface area contributed by atoms with Crippen LogP contribution in [0.3, 0.4) is 0 Å². The third-order valence-electron chi connectivity index (χ3n) is 1.68. The first kappa shape index (κ1) is 10.7. The lowest BCUT2D eigenvalue weighted by Gasteiger charge is -2.11. The number of nitrogens with zero attached hydrogens (tertiary/aromatic N) is 1. The summed E-state index contributed by atoms with van der Waals surface area (Å²) >= 11 is 0. The number of methoxy groups -OCH3 is 1. The van der Waals surface area contributed by atoms with E-state index in [0.717, 1.165) is 5.69 Å². The van der Waals surface area contributed by atoms with Crippen LogP contribution in [0.25, 0.3) is 0 Å². The van der Waals surface area contributed by atoms with Gasteiger partial charge in [-0.2, -0.15) is 0 Å². The highest BCUT2D eigenvalue weighted by atomic mass is 16.5. The van der Waals surface area contributed by atoms with Crippen molar-refractivity contribution in [2.24, 2.45) is 0 Å². The van der Waals surface area contributed by atoms with Crippen molar-refractivity contribution in [1.29, 1.82) is 0 Å². The molecule has 0 amide bonds. The van der Waals surface area contributed by atoms with Crippen molar-refractivity contribution in [2.75, 3.05) is 31.3 Å².